The molecule has 3 aliphatic heterocycles. The normalized spacial score (nSPS) is 34.6. The monoisotopic (exact) mass is 582 g/mol. The number of ether oxygens (including phenoxy) is 3. The number of fused-ring (bicyclic) bond motifs is 1. The predicted molar refractivity (Wildman–Crippen MR) is 136 cm³/mol. The number of allylic oxidation sites excluding steroid dienone is 1. The van der Waals surface area contributed by atoms with Crippen LogP contribution in [0.2, 0.25) is 0 Å². The summed E-state index contributed by atoms with van der Waals surface area (Å²) in [6.45, 7) is 2.00. The second-order valence-electron chi connectivity index (χ2n) is 9.87. The minimum absolute atomic E-state index is 0.0383. The molecular formula is C26H32FN2O10P. The Morgan fingerprint density at radius 3 is 2.60 bits per heavy atom. The summed E-state index contributed by atoms with van der Waals surface area (Å²) < 4.78 is 58.0. The van der Waals surface area contributed by atoms with Crippen LogP contribution in [-0.4, -0.2) is 71.9 Å². The summed E-state index contributed by atoms with van der Waals surface area (Å²) in [7, 11) is -4.34. The molecule has 0 saturated carbocycles. The molecule has 12 nitrogen and oxygen atoms in total. The molecule has 3 heterocycles. The van der Waals surface area contributed by atoms with Gasteiger partial charge in [-0.2, -0.15) is 5.09 Å². The van der Waals surface area contributed by atoms with Gasteiger partial charge in [0.25, 0.3) is 0 Å². The molecule has 2 fully saturated rings. The van der Waals surface area contributed by atoms with Crippen molar-refractivity contribution in [3.8, 4) is 5.75 Å². The van der Waals surface area contributed by atoms with Crippen molar-refractivity contribution >= 4 is 31.4 Å². The molecule has 0 aromatic heterocycles. The van der Waals surface area contributed by atoms with E-state index in [9.17, 15) is 23.7 Å². The summed E-state index contributed by atoms with van der Waals surface area (Å²) in [5.74, 6) is -2.39. The Hall–Kier alpha value is -3.12. The van der Waals surface area contributed by atoms with Crippen LogP contribution < -0.4 is 9.61 Å². The maximum absolute atomic E-state index is 16.3. The zero-order valence-electron chi connectivity index (χ0n) is 22.2. The van der Waals surface area contributed by atoms with Gasteiger partial charge in [0, 0.05) is 12.6 Å². The topological polar surface area (TPSA) is 147 Å². The lowest BCUT2D eigenvalue weighted by molar-refractivity contribution is -0.159. The van der Waals surface area contributed by atoms with Crippen LogP contribution in [0.15, 0.2) is 42.6 Å². The van der Waals surface area contributed by atoms with Crippen molar-refractivity contribution in [1.29, 1.82) is 0 Å². The number of amides is 1. The van der Waals surface area contributed by atoms with Crippen LogP contribution >= 0.6 is 7.75 Å². The lowest BCUT2D eigenvalue weighted by Crippen LogP contribution is -2.52. The first-order valence-corrected chi connectivity index (χ1v) is 14.5. The molecule has 40 heavy (non-hydrogen) atoms. The maximum Gasteiger partial charge on any atom is 0.459 e. The molecule has 6 atom stereocenters. The van der Waals surface area contributed by atoms with Gasteiger partial charge >= 0.3 is 19.7 Å². The van der Waals surface area contributed by atoms with Crippen molar-refractivity contribution in [2.45, 2.75) is 76.1 Å². The van der Waals surface area contributed by atoms with E-state index in [1.807, 2.05) is 0 Å². The van der Waals surface area contributed by atoms with Crippen LogP contribution in [0.5, 0.6) is 5.75 Å². The number of halogens is 1. The third kappa shape index (κ3) is 7.14. The largest absolute Gasteiger partial charge is 0.465 e. The van der Waals surface area contributed by atoms with Crippen LogP contribution in [0.4, 0.5) is 4.39 Å². The highest BCUT2D eigenvalue weighted by Gasteiger charge is 2.60. The molecule has 1 aromatic carbocycles. The van der Waals surface area contributed by atoms with E-state index in [-0.39, 0.29) is 18.8 Å². The van der Waals surface area contributed by atoms with Crippen LogP contribution in [-0.2, 0) is 42.5 Å². The van der Waals surface area contributed by atoms with Gasteiger partial charge in [-0.25, -0.2) is 8.96 Å². The molecule has 2 saturated heterocycles. The van der Waals surface area contributed by atoms with E-state index < -0.39 is 74.5 Å². The highest BCUT2D eigenvalue weighted by atomic mass is 31.2. The number of ketones is 1. The molecule has 0 radical (unpaired) electrons. The first-order chi connectivity index (χ1) is 19.0. The Balaban J connectivity index is 1.63. The number of hydrogen-bond acceptors (Lipinski definition) is 10. The lowest BCUT2D eigenvalue weighted by atomic mass is 9.97. The number of cyclic esters (lactones) is 1. The summed E-state index contributed by atoms with van der Waals surface area (Å²) in [6.07, 6.45) is -1.36. The Kier molecular flexibility index (Phi) is 9.40. The summed E-state index contributed by atoms with van der Waals surface area (Å²) in [5, 5.41) is 2.54. The predicted octanol–water partition coefficient (Wildman–Crippen LogP) is 2.97. The number of para-hydroxylation sites is 1. The van der Waals surface area contributed by atoms with Gasteiger partial charge in [0.2, 0.25) is 5.91 Å². The third-order valence-electron chi connectivity index (χ3n) is 6.58. The van der Waals surface area contributed by atoms with Crippen molar-refractivity contribution in [2.75, 3.05) is 13.2 Å². The Morgan fingerprint density at radius 1 is 1.12 bits per heavy atom. The first-order valence-electron chi connectivity index (χ1n) is 13.0. The van der Waals surface area contributed by atoms with E-state index in [1.165, 1.54) is 19.1 Å². The van der Waals surface area contributed by atoms with Gasteiger partial charge in [0.1, 0.15) is 17.9 Å². The van der Waals surface area contributed by atoms with E-state index in [1.54, 1.807) is 18.2 Å². The van der Waals surface area contributed by atoms with Gasteiger partial charge in [-0.3, -0.25) is 28.6 Å². The molecule has 14 heteroatoms. The minimum atomic E-state index is -4.34. The highest BCUT2D eigenvalue weighted by molar-refractivity contribution is 7.52. The van der Waals surface area contributed by atoms with Gasteiger partial charge in [0.05, 0.1) is 19.6 Å². The average Bonchev–Trinajstić information content (AvgIpc) is 3.14. The molecule has 218 valence electrons. The Morgan fingerprint density at radius 2 is 1.88 bits per heavy atom. The number of hydrogen-bond donors (Lipinski definition) is 1. The number of esters is 2. The standard InChI is InChI=1S/C26H32FN2O10P/c1-17-24(33)35-14-8-4-7-11-22(32)38-23-20(16-36-40(34,28-17)39-19-9-5-3-6-10-19)37-25(26(23,2)27)29-13-12-18(30)15-21(29)31/h3,5-6,9-10,12-13,17,20,23,25H,4,7-8,11,14-16H2,1-2H3,(H,28,34)/t17-,20+,23+,25+,26+,40+/m0/s1. The number of nitrogens with zero attached hydrogens (tertiary/aromatic N) is 1. The van der Waals surface area contributed by atoms with Crippen LogP contribution in [0.3, 0.4) is 0 Å². The van der Waals surface area contributed by atoms with Crippen LogP contribution in [0.25, 0.3) is 0 Å². The number of alkyl halides is 1. The fourth-order valence-electron chi connectivity index (χ4n) is 4.50. The van der Waals surface area contributed by atoms with Gasteiger partial charge in [-0.1, -0.05) is 18.2 Å². The maximum atomic E-state index is 16.3. The van der Waals surface area contributed by atoms with Crippen molar-refractivity contribution in [3.63, 3.8) is 0 Å². The van der Waals surface area contributed by atoms with Gasteiger partial charge in [-0.05, 0) is 51.3 Å². The van der Waals surface area contributed by atoms with E-state index in [2.05, 4.69) is 5.09 Å². The molecule has 4 rings (SSSR count). The summed E-state index contributed by atoms with van der Waals surface area (Å²) in [4.78, 5) is 50.3. The second-order valence-corrected chi connectivity index (χ2v) is 11.6. The van der Waals surface area contributed by atoms with Crippen molar-refractivity contribution in [1.82, 2.24) is 9.99 Å². The summed E-state index contributed by atoms with van der Waals surface area (Å²) >= 11 is 0. The molecule has 1 N–H and O–H groups in total. The van der Waals surface area contributed by atoms with E-state index in [4.69, 9.17) is 23.3 Å². The highest BCUT2D eigenvalue weighted by Crippen LogP contribution is 2.47. The smallest absolute Gasteiger partial charge is 0.459 e. The fraction of sp³-hybridized carbons (Fsp3) is 0.538. The molecule has 1 aromatic rings. The van der Waals surface area contributed by atoms with Crippen LogP contribution in [0, 0.1) is 0 Å². The Bertz CT molecular complexity index is 1190. The summed E-state index contributed by atoms with van der Waals surface area (Å²) in [6, 6.07) is 6.93. The van der Waals surface area contributed by atoms with Crippen molar-refractivity contribution < 1.29 is 51.4 Å². The van der Waals surface area contributed by atoms with Gasteiger partial charge in [-0.15, -0.1) is 0 Å². The number of carbonyl (C=O) groups is 4. The number of nitrogens with one attached hydrogen (secondary N) is 1. The molecule has 1 amide bonds. The Labute approximate surface area is 230 Å². The number of benzene rings is 1. The van der Waals surface area contributed by atoms with Gasteiger partial charge < -0.3 is 18.7 Å². The average molecular weight is 583 g/mol. The molecular weight excluding hydrogens is 550 g/mol. The summed E-state index contributed by atoms with van der Waals surface area (Å²) in [5.41, 5.74) is -2.44. The van der Waals surface area contributed by atoms with E-state index in [0.717, 1.165) is 24.1 Å². The molecule has 0 aliphatic carbocycles. The molecule has 3 aliphatic rings. The zero-order valence-corrected chi connectivity index (χ0v) is 23.0. The molecule has 0 unspecified atom stereocenters. The number of carbonyl (C=O) groups excluding carboxylic acids is 4. The lowest BCUT2D eigenvalue weighted by Gasteiger charge is -2.33. The van der Waals surface area contributed by atoms with Gasteiger partial charge in [0.15, 0.2) is 23.8 Å². The molecule has 0 spiro atoms. The van der Waals surface area contributed by atoms with Crippen molar-refractivity contribution in [3.05, 3.63) is 42.6 Å². The number of rotatable bonds is 3. The second kappa shape index (κ2) is 12.6. The fourth-order valence-corrected chi connectivity index (χ4v) is 6.00. The third-order valence-corrected chi connectivity index (χ3v) is 8.22. The SMILES string of the molecule is C[C@@H]1N[P@](=O)(Oc2ccccc2)OC[C@H]2O[C@@H](N3C=CC(=O)CC3=O)[C@](C)(F)[C@@H]2OC(=O)CCCCCOC1=O. The first kappa shape index (κ1) is 29.9. The van der Waals surface area contributed by atoms with Crippen LogP contribution in [0.1, 0.15) is 46.0 Å². The van der Waals surface area contributed by atoms with Crippen molar-refractivity contribution in [2.24, 2.45) is 0 Å². The van der Waals surface area contributed by atoms with E-state index >= 15 is 4.39 Å². The quantitative estimate of drug-likeness (QED) is 0.319. The molecule has 0 bridgehead atoms. The van der Waals surface area contributed by atoms with E-state index in [0.29, 0.717) is 19.3 Å². The minimum Gasteiger partial charge on any atom is -0.465 e. The zero-order chi connectivity index (χ0) is 28.9.